The first-order valence-corrected chi connectivity index (χ1v) is 7.21. The molecule has 2 aliphatic rings. The number of aliphatic hydroxyl groups is 1. The number of carbonyl (C=O) groups excluding carboxylic acids is 1. The number of hydrogen-bond acceptors (Lipinski definition) is 4. The van der Waals surface area contributed by atoms with Crippen LogP contribution in [0.5, 0.6) is 0 Å². The second-order valence-corrected chi connectivity index (χ2v) is 7.17. The van der Waals surface area contributed by atoms with Gasteiger partial charge >= 0.3 is 5.97 Å². The first kappa shape index (κ1) is 14.8. The number of hydrogen-bond donors (Lipinski definition) is 1. The molecule has 0 saturated heterocycles. The maximum absolute atomic E-state index is 12.1. The molecule has 110 valence electrons. The first-order chi connectivity index (χ1) is 8.79. The van der Waals surface area contributed by atoms with Crippen molar-refractivity contribution >= 4 is 5.97 Å². The number of esters is 1. The summed E-state index contributed by atoms with van der Waals surface area (Å²) >= 11 is 0. The van der Waals surface area contributed by atoms with Crippen LogP contribution in [0, 0.1) is 23.2 Å². The fraction of sp³-hybridized carbons (Fsp3) is 0.933. The van der Waals surface area contributed by atoms with Crippen LogP contribution in [0.4, 0.5) is 0 Å². The van der Waals surface area contributed by atoms with Crippen molar-refractivity contribution in [1.82, 2.24) is 0 Å². The summed E-state index contributed by atoms with van der Waals surface area (Å²) in [5, 5.41) is 9.10. The maximum Gasteiger partial charge on any atom is 0.314 e. The molecular weight excluding hydrogens is 244 g/mol. The van der Waals surface area contributed by atoms with Gasteiger partial charge in [-0.05, 0) is 51.4 Å². The lowest BCUT2D eigenvalue weighted by molar-refractivity contribution is -0.164. The minimum Gasteiger partial charge on any atom is -0.459 e. The molecule has 0 aliphatic heterocycles. The summed E-state index contributed by atoms with van der Waals surface area (Å²) in [4.78, 5) is 12.1. The van der Waals surface area contributed by atoms with Crippen LogP contribution >= 0.6 is 0 Å². The van der Waals surface area contributed by atoms with Crippen LogP contribution in [-0.4, -0.2) is 36.5 Å². The Bertz CT molecular complexity index is 341. The molecule has 0 spiro atoms. The summed E-state index contributed by atoms with van der Waals surface area (Å²) in [6.07, 6.45) is 1.73. The van der Waals surface area contributed by atoms with E-state index in [1.807, 2.05) is 20.8 Å². The van der Waals surface area contributed by atoms with Crippen molar-refractivity contribution in [2.24, 2.45) is 23.2 Å². The van der Waals surface area contributed by atoms with Crippen molar-refractivity contribution in [2.45, 2.75) is 46.1 Å². The summed E-state index contributed by atoms with van der Waals surface area (Å²) in [5.41, 5.74) is -0.820. The number of carbonyl (C=O) groups is 1. The maximum atomic E-state index is 12.1. The van der Waals surface area contributed by atoms with Gasteiger partial charge in [-0.25, -0.2) is 0 Å². The fourth-order valence-corrected chi connectivity index (χ4v) is 2.55. The highest BCUT2D eigenvalue weighted by atomic mass is 16.6. The highest BCUT2D eigenvalue weighted by molar-refractivity contribution is 5.80. The predicted octanol–water partition coefficient (Wildman–Crippen LogP) is 2.00. The molecule has 2 aliphatic carbocycles. The van der Waals surface area contributed by atoms with Gasteiger partial charge in [-0.3, -0.25) is 4.79 Å². The zero-order valence-corrected chi connectivity index (χ0v) is 12.4. The summed E-state index contributed by atoms with van der Waals surface area (Å²) in [6.45, 7) is 9.15. The van der Waals surface area contributed by atoms with E-state index in [0.717, 1.165) is 12.8 Å². The molecule has 3 atom stereocenters. The van der Waals surface area contributed by atoms with Gasteiger partial charge in [0.15, 0.2) is 0 Å². The molecule has 0 aromatic carbocycles. The van der Waals surface area contributed by atoms with Crippen LogP contribution in [0.25, 0.3) is 0 Å². The van der Waals surface area contributed by atoms with E-state index in [0.29, 0.717) is 31.0 Å². The smallest absolute Gasteiger partial charge is 0.314 e. The summed E-state index contributed by atoms with van der Waals surface area (Å²) in [7, 11) is 0. The Labute approximate surface area is 115 Å². The van der Waals surface area contributed by atoms with Crippen molar-refractivity contribution in [3.8, 4) is 0 Å². The second kappa shape index (κ2) is 5.06. The van der Waals surface area contributed by atoms with E-state index in [4.69, 9.17) is 14.6 Å². The lowest BCUT2D eigenvalue weighted by Crippen LogP contribution is -2.32. The van der Waals surface area contributed by atoms with Crippen LogP contribution in [-0.2, 0) is 14.3 Å². The Morgan fingerprint density at radius 3 is 2.37 bits per heavy atom. The second-order valence-electron chi connectivity index (χ2n) is 7.17. The van der Waals surface area contributed by atoms with E-state index in [1.54, 1.807) is 0 Å². The van der Waals surface area contributed by atoms with E-state index >= 15 is 0 Å². The number of aliphatic hydroxyl groups excluding tert-OH is 1. The van der Waals surface area contributed by atoms with E-state index in [1.165, 1.54) is 0 Å². The molecule has 2 rings (SSSR count). The molecular formula is C15H26O4. The zero-order valence-electron chi connectivity index (χ0n) is 12.4. The number of ether oxygens (including phenoxy) is 2. The Balaban J connectivity index is 1.72. The quantitative estimate of drug-likeness (QED) is 0.750. The normalized spacial score (nSPS) is 31.9. The van der Waals surface area contributed by atoms with Crippen LogP contribution in [0.1, 0.15) is 40.5 Å². The largest absolute Gasteiger partial charge is 0.459 e. The Hall–Kier alpha value is -0.610. The van der Waals surface area contributed by atoms with Gasteiger partial charge in [-0.1, -0.05) is 6.92 Å². The van der Waals surface area contributed by atoms with Crippen molar-refractivity contribution in [1.29, 1.82) is 0 Å². The van der Waals surface area contributed by atoms with Crippen LogP contribution in [0.2, 0.25) is 0 Å². The van der Waals surface area contributed by atoms with Gasteiger partial charge in [0.05, 0.1) is 18.6 Å². The summed E-state index contributed by atoms with van der Waals surface area (Å²) in [5.74, 6) is 1.26. The molecule has 0 amide bonds. The van der Waals surface area contributed by atoms with E-state index in [-0.39, 0.29) is 18.0 Å². The minimum atomic E-state index is -0.431. The third-order valence-corrected chi connectivity index (χ3v) is 4.34. The van der Waals surface area contributed by atoms with Gasteiger partial charge in [0.2, 0.25) is 0 Å². The topological polar surface area (TPSA) is 55.8 Å². The lowest BCUT2D eigenvalue weighted by atomic mass is 10.1. The standard InChI is InChI=1S/C15H26O4/c1-10-11(7-16)12(10)8-18-9-15(5-6-15)13(17)19-14(2,3)4/h10-12,16H,5-9H2,1-4H3. The fourth-order valence-electron chi connectivity index (χ4n) is 2.55. The van der Waals surface area contributed by atoms with Gasteiger partial charge in [0.1, 0.15) is 5.60 Å². The summed E-state index contributed by atoms with van der Waals surface area (Å²) in [6, 6.07) is 0. The lowest BCUT2D eigenvalue weighted by Gasteiger charge is -2.23. The van der Waals surface area contributed by atoms with Gasteiger partial charge in [-0.2, -0.15) is 0 Å². The molecule has 0 aromatic heterocycles. The SMILES string of the molecule is CC1C(CO)C1COCC1(C(=O)OC(C)(C)C)CC1. The monoisotopic (exact) mass is 270 g/mol. The van der Waals surface area contributed by atoms with Gasteiger partial charge in [0.25, 0.3) is 0 Å². The zero-order chi connectivity index (χ0) is 14.3. The molecule has 4 nitrogen and oxygen atoms in total. The van der Waals surface area contributed by atoms with E-state index < -0.39 is 5.60 Å². The summed E-state index contributed by atoms with van der Waals surface area (Å²) < 4.78 is 11.2. The molecule has 2 fully saturated rings. The molecule has 19 heavy (non-hydrogen) atoms. The molecule has 0 radical (unpaired) electrons. The first-order valence-electron chi connectivity index (χ1n) is 7.21. The predicted molar refractivity (Wildman–Crippen MR) is 71.6 cm³/mol. The van der Waals surface area contributed by atoms with Crippen molar-refractivity contribution < 1.29 is 19.4 Å². The molecule has 0 heterocycles. The molecule has 2 saturated carbocycles. The van der Waals surface area contributed by atoms with Crippen LogP contribution in [0.15, 0.2) is 0 Å². The van der Waals surface area contributed by atoms with Crippen LogP contribution in [0.3, 0.4) is 0 Å². The number of rotatable bonds is 6. The molecule has 0 bridgehead atoms. The van der Waals surface area contributed by atoms with Gasteiger partial charge in [-0.15, -0.1) is 0 Å². The van der Waals surface area contributed by atoms with Crippen molar-refractivity contribution in [3.05, 3.63) is 0 Å². The van der Waals surface area contributed by atoms with Gasteiger partial charge in [0, 0.05) is 6.61 Å². The van der Waals surface area contributed by atoms with Crippen molar-refractivity contribution in [2.75, 3.05) is 19.8 Å². The Morgan fingerprint density at radius 1 is 1.32 bits per heavy atom. The average molecular weight is 270 g/mol. The molecule has 0 aromatic rings. The highest BCUT2D eigenvalue weighted by Crippen LogP contribution is 2.49. The molecule has 4 heteroatoms. The highest BCUT2D eigenvalue weighted by Gasteiger charge is 2.53. The van der Waals surface area contributed by atoms with E-state index in [9.17, 15) is 4.79 Å². The van der Waals surface area contributed by atoms with Crippen molar-refractivity contribution in [3.63, 3.8) is 0 Å². The van der Waals surface area contributed by atoms with Crippen LogP contribution < -0.4 is 0 Å². The Morgan fingerprint density at radius 2 is 1.95 bits per heavy atom. The molecule has 1 N–H and O–H groups in total. The molecule has 3 unspecified atom stereocenters. The third-order valence-electron chi connectivity index (χ3n) is 4.34. The van der Waals surface area contributed by atoms with E-state index in [2.05, 4.69) is 6.92 Å². The average Bonchev–Trinajstić information content (AvgIpc) is 3.16. The minimum absolute atomic E-state index is 0.123. The third kappa shape index (κ3) is 3.48. The Kier molecular flexibility index (Phi) is 3.94. The van der Waals surface area contributed by atoms with Gasteiger partial charge < -0.3 is 14.6 Å².